The molecular weight excluding hydrogens is 1880 g/mol. The van der Waals surface area contributed by atoms with Gasteiger partial charge in [0, 0.05) is 155 Å². The molecule has 45 heteroatoms. The fourth-order valence-corrected chi connectivity index (χ4v) is 16.8. The Morgan fingerprint density at radius 2 is 0.690 bits per heavy atom. The Kier molecular flexibility index (Phi) is 27.8. The Bertz CT molecular complexity index is 8190. The maximum Gasteiger partial charge on any atom is 0.433 e. The predicted octanol–water partition coefficient (Wildman–Crippen LogP) is 12.6. The molecule has 0 radical (unpaired) electrons. The van der Waals surface area contributed by atoms with Crippen molar-refractivity contribution in [1.29, 1.82) is 0 Å². The molecule has 40 nitrogen and oxygen atoms in total. The number of nitrogens with one attached hydrogen (secondary N) is 4. The molecule has 0 saturated heterocycles. The Labute approximate surface area is 818 Å². The number of fused-ring (bicyclic) bond motifs is 4. The highest BCUT2D eigenvalue weighted by molar-refractivity contribution is 6.08. The number of aromatic nitrogens is 24. The number of hydrogen-bond acceptors (Lipinski definition) is 24. The van der Waals surface area contributed by atoms with Gasteiger partial charge in [0.15, 0.2) is 22.6 Å². The highest BCUT2D eigenvalue weighted by Crippen LogP contribution is 2.38. The number of halogens is 5. The van der Waals surface area contributed by atoms with Crippen molar-refractivity contribution in [2.24, 2.45) is 5.92 Å². The summed E-state index contributed by atoms with van der Waals surface area (Å²) in [6.07, 6.45) is 22.4. The van der Waals surface area contributed by atoms with E-state index >= 15 is 0 Å². The van der Waals surface area contributed by atoms with Crippen LogP contribution in [-0.4, -0.2) is 167 Å². The molecule has 5 fully saturated rings. The number of H-pyrrole nitrogens is 4. The van der Waals surface area contributed by atoms with E-state index in [0.717, 1.165) is 114 Å². The maximum atomic E-state index is 13.3. The average Bonchev–Trinajstić information content (AvgIpc) is 1.60. The Hall–Kier alpha value is -17.2. The van der Waals surface area contributed by atoms with E-state index in [4.69, 9.17) is 0 Å². The summed E-state index contributed by atoms with van der Waals surface area (Å²) in [7, 11) is 1.55. The molecule has 4 amide bonds. The molecule has 145 heavy (non-hydrogen) atoms. The zero-order valence-corrected chi connectivity index (χ0v) is 79.3. The van der Waals surface area contributed by atoms with Gasteiger partial charge in [0.05, 0.1) is 22.3 Å². The molecule has 0 spiro atoms. The van der Waals surface area contributed by atoms with Crippen LogP contribution in [0.5, 0.6) is 0 Å². The summed E-state index contributed by atoms with van der Waals surface area (Å²) in [6, 6.07) is 23.5. The van der Waals surface area contributed by atoms with Gasteiger partial charge in [-0.3, -0.25) is 104 Å². The first-order chi connectivity index (χ1) is 70.0. The Balaban J connectivity index is 0.000000127. The van der Waals surface area contributed by atoms with Crippen LogP contribution in [0, 0.1) is 17.8 Å². The first-order valence-electron chi connectivity index (χ1n) is 47.5. The van der Waals surface area contributed by atoms with E-state index in [2.05, 4.69) is 92.9 Å². The minimum absolute atomic E-state index is 0.0385. The van der Waals surface area contributed by atoms with E-state index in [9.17, 15) is 79.5 Å². The number of anilines is 4. The van der Waals surface area contributed by atoms with E-state index < -0.39 is 35.2 Å². The molecule has 16 heterocycles. The second kappa shape index (κ2) is 41.2. The van der Waals surface area contributed by atoms with Crippen LogP contribution in [0.4, 0.5) is 45.2 Å². The SMILES string of the molecule is C=CCN(C(=O)c1ccc(C(F)(F)F)nc1)c1ccc(-c2nc3c([nH]2)c(=O)n(C2CC2)c(=O)n3CCC)cn1.C=CCN(C(=O)c1cccnc1)c1ccc(-c2nc3c([nH]2)c(=O)n(C2CC2)c(=O)n3CCC)cn1.CCCn1c(=O)n(C2CC2)c(=O)c2[nH]c(-c3ccc(N(C)C(=O)c4ccc(F)nc4)nc3)nc21.CCCn1c(=O)n(C2CC2)c(=O)c2[nH]c(-c3ccc(N(CC4CC4)C(=O)c4ccc(F)nc4)nc3)nc21. The van der Waals surface area contributed by atoms with Crippen LogP contribution in [0.15, 0.2) is 216 Å². The largest absolute Gasteiger partial charge is 0.433 e. The van der Waals surface area contributed by atoms with Gasteiger partial charge in [0.2, 0.25) is 11.9 Å². The fourth-order valence-electron chi connectivity index (χ4n) is 16.8. The van der Waals surface area contributed by atoms with E-state index in [1.165, 1.54) is 86.7 Å². The lowest BCUT2D eigenvalue weighted by Crippen LogP contribution is -2.39. The van der Waals surface area contributed by atoms with E-state index in [0.29, 0.717) is 142 Å². The molecule has 16 aromatic heterocycles. The third-order valence-electron chi connectivity index (χ3n) is 24.9. The van der Waals surface area contributed by atoms with Crippen LogP contribution >= 0.6 is 0 Å². The molecule has 21 rings (SSSR count). The Morgan fingerprint density at radius 3 is 0.959 bits per heavy atom. The molecule has 0 bridgehead atoms. The number of carbonyl (C=O) groups is 4. The van der Waals surface area contributed by atoms with Gasteiger partial charge in [0.25, 0.3) is 45.9 Å². The second-order valence-electron chi connectivity index (χ2n) is 35.7. The highest BCUT2D eigenvalue weighted by Gasteiger charge is 2.38. The zero-order valence-electron chi connectivity index (χ0n) is 79.3. The maximum absolute atomic E-state index is 13.3. The van der Waals surface area contributed by atoms with Crippen molar-refractivity contribution in [3.8, 4) is 45.6 Å². The summed E-state index contributed by atoms with van der Waals surface area (Å²) in [5.41, 5.74) is 1.73. The first kappa shape index (κ1) is 98.0. The quantitative estimate of drug-likeness (QED) is 0.0184. The van der Waals surface area contributed by atoms with Crippen LogP contribution in [0.3, 0.4) is 0 Å². The number of pyridine rings is 8. The van der Waals surface area contributed by atoms with Gasteiger partial charge >= 0.3 is 28.9 Å². The van der Waals surface area contributed by atoms with Crippen molar-refractivity contribution in [1.82, 2.24) is 116 Å². The van der Waals surface area contributed by atoms with Crippen molar-refractivity contribution in [3.63, 3.8) is 0 Å². The number of imidazole rings is 4. The molecule has 0 atom stereocenters. The third kappa shape index (κ3) is 20.3. The average molecular weight is 1980 g/mol. The van der Waals surface area contributed by atoms with Crippen LogP contribution in [0.2, 0.25) is 0 Å². The van der Waals surface area contributed by atoms with Gasteiger partial charge in [-0.15, -0.1) is 13.2 Å². The molecule has 16 aromatic rings. The number of aromatic amines is 4. The highest BCUT2D eigenvalue weighted by atomic mass is 19.4. The van der Waals surface area contributed by atoms with Crippen molar-refractivity contribution in [2.75, 3.05) is 46.3 Å². The number of aryl methyl sites for hydroxylation is 4. The smallest absolute Gasteiger partial charge is 0.332 e. The lowest BCUT2D eigenvalue weighted by molar-refractivity contribution is -0.141. The summed E-state index contributed by atoms with van der Waals surface area (Å²) in [5, 5.41) is 0. The van der Waals surface area contributed by atoms with Crippen LogP contribution in [0.25, 0.3) is 90.2 Å². The van der Waals surface area contributed by atoms with Gasteiger partial charge < -0.3 is 19.9 Å². The van der Waals surface area contributed by atoms with E-state index in [1.54, 1.807) is 111 Å². The first-order valence-corrected chi connectivity index (χ1v) is 47.5. The van der Waals surface area contributed by atoms with Gasteiger partial charge in [-0.05, 0) is 193 Å². The van der Waals surface area contributed by atoms with Crippen molar-refractivity contribution in [2.45, 2.75) is 174 Å². The molecule has 5 aliphatic carbocycles. The summed E-state index contributed by atoms with van der Waals surface area (Å²) in [5.74, 6) is 0.627. The molecular formula is C100H97F5N28O12. The van der Waals surface area contributed by atoms with Gasteiger partial charge in [-0.2, -0.15) is 22.0 Å². The number of alkyl halides is 3. The molecule has 5 aliphatic rings. The van der Waals surface area contributed by atoms with Gasteiger partial charge in [-0.25, -0.2) is 69.0 Å². The zero-order chi connectivity index (χ0) is 102. The minimum atomic E-state index is -4.62. The third-order valence-corrected chi connectivity index (χ3v) is 24.9. The normalized spacial score (nSPS) is 13.9. The summed E-state index contributed by atoms with van der Waals surface area (Å²) in [4.78, 5) is 224. The van der Waals surface area contributed by atoms with Crippen molar-refractivity contribution < 1.29 is 41.1 Å². The number of carbonyl (C=O) groups excluding carboxylic acids is 4. The molecule has 0 aromatic carbocycles. The summed E-state index contributed by atoms with van der Waals surface area (Å²) >= 11 is 0. The van der Waals surface area contributed by atoms with E-state index in [1.807, 2.05) is 27.7 Å². The Morgan fingerprint density at radius 1 is 0.379 bits per heavy atom. The van der Waals surface area contributed by atoms with Gasteiger partial charge in [0.1, 0.15) is 74.3 Å². The van der Waals surface area contributed by atoms with E-state index in [-0.39, 0.29) is 134 Å². The molecule has 744 valence electrons. The van der Waals surface area contributed by atoms with Crippen molar-refractivity contribution >= 4 is 91.6 Å². The second-order valence-corrected chi connectivity index (χ2v) is 35.7. The number of amides is 4. The lowest BCUT2D eigenvalue weighted by Gasteiger charge is -2.21. The standard InChI is InChI=1S/C26H24F3N7O3.C26H26FN7O3.C25H25N7O3.C23H22FN7O3/c1-3-11-34(23(37)16-5-9-18(30-14-16)26(27,28)29)19-10-6-15(13-31-19)21-32-20-22(33-21)35(12-4-2)25(39)36(24(20)38)17-7-8-17;1-2-11-32-23-21(25(36)34(26(32)37)18-7-8-18)30-22(31-23)16-6-10-20(29-12-16)33(14-15-3-4-15)24(35)17-5-9-19(27)28-13-17;1-3-12-30(23(33)17-6-5-11-26-14-17)19-10-7-16(15-27-19)21-28-20-22(29-21)31(13-4-2)25(35)32(24(20)34)18-8-9-18;1-3-10-30-20-18(22(33)31(23(30)34)15-6-7-15)27-19(28-20)13-5-9-17(26-11-13)29(2)21(32)14-4-8-16(24)25-12-14/h3,5-6,9-10,13-14,17H,1,4,7-8,11-12H2,2H3,(H,32,33);5-6,9-10,12-13,15,18H,2-4,7-8,11,14H2,1H3,(H,30,31);3,5-7,10-11,14-15,18H,1,4,8-9,12-13H2,2H3,(H,28,29);4-5,8-9,11-12,15H,3,6-7,10H2,1-2H3,(H,27,28). The fraction of sp³-hybridized carbons (Fsp3) is 0.320. The molecule has 0 unspecified atom stereocenters. The molecule has 5 saturated carbocycles. The van der Waals surface area contributed by atoms with Crippen LogP contribution < -0.4 is 64.6 Å². The van der Waals surface area contributed by atoms with Crippen LogP contribution in [-0.2, 0) is 32.4 Å². The summed E-state index contributed by atoms with van der Waals surface area (Å²) < 4.78 is 76.3. The lowest BCUT2D eigenvalue weighted by atomic mass is 10.2. The molecule has 0 aliphatic heterocycles. The number of rotatable bonds is 30. The number of nitrogens with zero attached hydrogens (tertiary/aromatic N) is 24. The summed E-state index contributed by atoms with van der Waals surface area (Å²) in [6.45, 7) is 17.8. The minimum Gasteiger partial charge on any atom is -0.332 e. The monoisotopic (exact) mass is 1980 g/mol. The van der Waals surface area contributed by atoms with Crippen molar-refractivity contribution in [3.05, 3.63) is 301 Å². The molecule has 4 N–H and O–H groups in total. The van der Waals surface area contributed by atoms with Gasteiger partial charge in [-0.1, -0.05) is 39.8 Å². The topological polar surface area (TPSA) is 475 Å². The van der Waals surface area contributed by atoms with Crippen LogP contribution in [0.1, 0.15) is 189 Å². The predicted molar refractivity (Wildman–Crippen MR) is 528 cm³/mol. The number of hydrogen-bond donors (Lipinski definition) is 4.